The van der Waals surface area contributed by atoms with Gasteiger partial charge in [-0.3, -0.25) is 0 Å². The summed E-state index contributed by atoms with van der Waals surface area (Å²) in [5.41, 5.74) is 1.45. The summed E-state index contributed by atoms with van der Waals surface area (Å²) in [6, 6.07) is 9.10. The van der Waals surface area contributed by atoms with Gasteiger partial charge in [-0.1, -0.05) is 30.2 Å². The predicted molar refractivity (Wildman–Crippen MR) is 85.3 cm³/mol. The maximum absolute atomic E-state index is 5.93. The smallest absolute Gasteiger partial charge is 0.0406 e. The molecule has 2 aliphatic carbocycles. The van der Waals surface area contributed by atoms with Gasteiger partial charge in [0, 0.05) is 22.4 Å². The average molecular weight is 296 g/mol. The van der Waals surface area contributed by atoms with E-state index in [1.54, 1.807) is 0 Å². The van der Waals surface area contributed by atoms with Crippen molar-refractivity contribution < 1.29 is 0 Å². The largest absolute Gasteiger partial charge is 0.313 e. The Labute approximate surface area is 125 Å². The molecule has 1 N–H and O–H groups in total. The Bertz CT molecular complexity index is 415. The van der Waals surface area contributed by atoms with E-state index in [-0.39, 0.29) is 0 Å². The van der Waals surface area contributed by atoms with Crippen LogP contribution >= 0.6 is 23.4 Å². The predicted octanol–water partition coefficient (Wildman–Crippen LogP) is 4.46. The van der Waals surface area contributed by atoms with Crippen LogP contribution in [-0.4, -0.2) is 23.6 Å². The van der Waals surface area contributed by atoms with Gasteiger partial charge in [0.15, 0.2) is 0 Å². The van der Waals surface area contributed by atoms with E-state index in [1.165, 1.54) is 44.2 Å². The van der Waals surface area contributed by atoms with E-state index in [4.69, 9.17) is 11.6 Å². The molecule has 0 atom stereocenters. The molecule has 1 aromatic carbocycles. The first-order valence-corrected chi connectivity index (χ1v) is 8.85. The van der Waals surface area contributed by atoms with Crippen LogP contribution in [0, 0.1) is 0 Å². The summed E-state index contributed by atoms with van der Waals surface area (Å²) in [5, 5.41) is 4.61. The van der Waals surface area contributed by atoms with Gasteiger partial charge in [0.2, 0.25) is 0 Å². The Hall–Kier alpha value is -0.180. The zero-order valence-electron chi connectivity index (χ0n) is 11.5. The van der Waals surface area contributed by atoms with Gasteiger partial charge < -0.3 is 5.32 Å². The lowest BCUT2D eigenvalue weighted by Crippen LogP contribution is -2.49. The van der Waals surface area contributed by atoms with Crippen LogP contribution in [0.25, 0.3) is 0 Å². The first-order chi connectivity index (χ1) is 9.21. The highest BCUT2D eigenvalue weighted by Gasteiger charge is 2.38. The summed E-state index contributed by atoms with van der Waals surface area (Å²) in [6.45, 7) is 1.20. The molecule has 3 heteroatoms. The van der Waals surface area contributed by atoms with Crippen molar-refractivity contribution in [1.29, 1.82) is 0 Å². The van der Waals surface area contributed by atoms with Crippen LogP contribution in [0.2, 0.25) is 5.02 Å². The first-order valence-electron chi connectivity index (χ1n) is 7.25. The SMILES string of the molecule is CSC1(CNC2CC(c3ccc(Cl)cc3)C2)CCC1. The third-order valence-electron chi connectivity index (χ3n) is 4.89. The normalized spacial score (nSPS) is 28.5. The first kappa shape index (κ1) is 13.8. The van der Waals surface area contributed by atoms with Gasteiger partial charge in [0.05, 0.1) is 0 Å². The second-order valence-corrected chi connectivity index (χ2v) is 7.75. The minimum absolute atomic E-state index is 0.561. The van der Waals surface area contributed by atoms with E-state index >= 15 is 0 Å². The second kappa shape index (κ2) is 5.67. The van der Waals surface area contributed by atoms with Crippen LogP contribution in [-0.2, 0) is 0 Å². The molecule has 0 amide bonds. The van der Waals surface area contributed by atoms with Crippen molar-refractivity contribution in [3.63, 3.8) is 0 Å². The molecule has 0 bridgehead atoms. The fourth-order valence-electron chi connectivity index (χ4n) is 3.15. The lowest BCUT2D eigenvalue weighted by atomic mass is 9.75. The third-order valence-corrected chi connectivity index (χ3v) is 6.56. The van der Waals surface area contributed by atoms with E-state index in [1.807, 2.05) is 12.1 Å². The van der Waals surface area contributed by atoms with E-state index in [0.717, 1.165) is 17.0 Å². The number of rotatable bonds is 5. The molecule has 3 rings (SSSR count). The summed E-state index contributed by atoms with van der Waals surface area (Å²) in [7, 11) is 0. The van der Waals surface area contributed by atoms with Gasteiger partial charge in [-0.2, -0.15) is 11.8 Å². The van der Waals surface area contributed by atoms with Crippen molar-refractivity contribution in [2.24, 2.45) is 0 Å². The van der Waals surface area contributed by atoms with Crippen molar-refractivity contribution in [2.75, 3.05) is 12.8 Å². The van der Waals surface area contributed by atoms with Gasteiger partial charge >= 0.3 is 0 Å². The molecule has 2 saturated carbocycles. The molecular formula is C16H22ClNS. The molecular weight excluding hydrogens is 274 g/mol. The molecule has 0 spiro atoms. The van der Waals surface area contributed by atoms with Gasteiger partial charge in [-0.25, -0.2) is 0 Å². The molecule has 104 valence electrons. The second-order valence-electron chi connectivity index (χ2n) is 6.04. The van der Waals surface area contributed by atoms with Crippen molar-refractivity contribution in [3.05, 3.63) is 34.9 Å². The summed E-state index contributed by atoms with van der Waals surface area (Å²) in [5.74, 6) is 0.737. The maximum atomic E-state index is 5.93. The highest BCUT2D eigenvalue weighted by molar-refractivity contribution is 8.00. The Morgan fingerprint density at radius 3 is 2.47 bits per heavy atom. The molecule has 2 fully saturated rings. The molecule has 1 nitrogen and oxygen atoms in total. The molecule has 0 saturated heterocycles. The molecule has 2 aliphatic rings. The number of thioether (sulfide) groups is 1. The van der Waals surface area contributed by atoms with Crippen molar-refractivity contribution in [1.82, 2.24) is 5.32 Å². The topological polar surface area (TPSA) is 12.0 Å². The molecule has 0 unspecified atom stereocenters. The Kier molecular flexibility index (Phi) is 4.11. The monoisotopic (exact) mass is 295 g/mol. The van der Waals surface area contributed by atoms with Crippen LogP contribution in [0.3, 0.4) is 0 Å². The molecule has 0 heterocycles. The third kappa shape index (κ3) is 2.96. The Balaban J connectivity index is 1.44. The lowest BCUT2D eigenvalue weighted by Gasteiger charge is -2.44. The van der Waals surface area contributed by atoms with Crippen LogP contribution in [0.15, 0.2) is 24.3 Å². The number of benzene rings is 1. The van der Waals surface area contributed by atoms with Crippen molar-refractivity contribution >= 4 is 23.4 Å². The summed E-state index contributed by atoms with van der Waals surface area (Å²) in [4.78, 5) is 0. The molecule has 19 heavy (non-hydrogen) atoms. The van der Waals surface area contributed by atoms with E-state index in [2.05, 4.69) is 35.5 Å². The number of nitrogens with one attached hydrogen (secondary N) is 1. The lowest BCUT2D eigenvalue weighted by molar-refractivity contribution is 0.256. The zero-order valence-corrected chi connectivity index (χ0v) is 13.1. The molecule has 0 aliphatic heterocycles. The summed E-state index contributed by atoms with van der Waals surface area (Å²) in [6.07, 6.45) is 9.04. The fourth-order valence-corrected chi connectivity index (χ4v) is 4.20. The van der Waals surface area contributed by atoms with Gasteiger partial charge in [0.25, 0.3) is 0 Å². The van der Waals surface area contributed by atoms with Crippen LogP contribution in [0.5, 0.6) is 0 Å². The number of halogens is 1. The molecule has 0 radical (unpaired) electrons. The van der Waals surface area contributed by atoms with Gasteiger partial charge in [-0.05, 0) is 55.6 Å². The molecule has 1 aromatic rings. The Morgan fingerprint density at radius 2 is 1.95 bits per heavy atom. The highest BCUT2D eigenvalue weighted by atomic mass is 35.5. The van der Waals surface area contributed by atoms with Crippen LogP contribution < -0.4 is 5.32 Å². The summed E-state index contributed by atoms with van der Waals surface area (Å²) >= 11 is 7.99. The highest BCUT2D eigenvalue weighted by Crippen LogP contribution is 2.43. The van der Waals surface area contributed by atoms with Crippen LogP contribution in [0.4, 0.5) is 0 Å². The van der Waals surface area contributed by atoms with E-state index < -0.39 is 0 Å². The summed E-state index contributed by atoms with van der Waals surface area (Å²) < 4.78 is 0.561. The number of hydrogen-bond donors (Lipinski definition) is 1. The van der Waals surface area contributed by atoms with Crippen LogP contribution in [0.1, 0.15) is 43.6 Å². The fraction of sp³-hybridized carbons (Fsp3) is 0.625. The zero-order chi connectivity index (χ0) is 13.3. The average Bonchev–Trinajstić information content (AvgIpc) is 2.32. The number of hydrogen-bond acceptors (Lipinski definition) is 2. The maximum Gasteiger partial charge on any atom is 0.0406 e. The van der Waals surface area contributed by atoms with Crippen molar-refractivity contribution in [2.45, 2.75) is 48.8 Å². The van der Waals surface area contributed by atoms with Gasteiger partial charge in [0.1, 0.15) is 0 Å². The minimum Gasteiger partial charge on any atom is -0.313 e. The standard InChI is InChI=1S/C16H22ClNS/c1-19-16(7-2-8-16)11-18-15-9-13(10-15)12-3-5-14(17)6-4-12/h3-6,13,15,18H,2,7-11H2,1H3. The minimum atomic E-state index is 0.561. The quantitative estimate of drug-likeness (QED) is 0.860. The molecule has 0 aromatic heterocycles. The van der Waals surface area contributed by atoms with Crippen molar-refractivity contribution in [3.8, 4) is 0 Å². The Morgan fingerprint density at radius 1 is 1.26 bits per heavy atom. The van der Waals surface area contributed by atoms with Gasteiger partial charge in [-0.15, -0.1) is 0 Å². The van der Waals surface area contributed by atoms with E-state index in [9.17, 15) is 0 Å². The van der Waals surface area contributed by atoms with E-state index in [0.29, 0.717) is 4.75 Å².